The molecule has 2 aromatic rings. The SMILES string of the molecule is CN(C)c1nc(CNC(=O)C2(c3ccccc3)CCOCC2)nc(N2CCOCC2)n1. The number of carbonyl (C=O) groups excluding carboxylic acids is 1. The second-order valence-electron chi connectivity index (χ2n) is 8.09. The highest BCUT2D eigenvalue weighted by atomic mass is 16.5. The van der Waals surface area contributed by atoms with E-state index in [-0.39, 0.29) is 12.5 Å². The summed E-state index contributed by atoms with van der Waals surface area (Å²) in [5.41, 5.74) is 0.429. The van der Waals surface area contributed by atoms with Crippen molar-refractivity contribution in [3.8, 4) is 0 Å². The number of ether oxygens (including phenoxy) is 2. The molecule has 0 bridgehead atoms. The zero-order valence-corrected chi connectivity index (χ0v) is 18.2. The van der Waals surface area contributed by atoms with Gasteiger partial charge in [-0.05, 0) is 18.4 Å². The monoisotopic (exact) mass is 426 g/mol. The zero-order chi connectivity index (χ0) is 21.7. The Hall–Kier alpha value is -2.78. The first-order valence-corrected chi connectivity index (χ1v) is 10.7. The largest absolute Gasteiger partial charge is 0.381 e. The number of nitrogens with one attached hydrogen (secondary N) is 1. The van der Waals surface area contributed by atoms with Crippen LogP contribution in [0.3, 0.4) is 0 Å². The third-order valence-electron chi connectivity index (χ3n) is 5.87. The summed E-state index contributed by atoms with van der Waals surface area (Å²) in [6.45, 7) is 4.15. The highest BCUT2D eigenvalue weighted by Gasteiger charge is 2.41. The summed E-state index contributed by atoms with van der Waals surface area (Å²) in [6, 6.07) is 9.96. The van der Waals surface area contributed by atoms with Crippen molar-refractivity contribution < 1.29 is 14.3 Å². The number of aromatic nitrogens is 3. The number of hydrogen-bond acceptors (Lipinski definition) is 8. The van der Waals surface area contributed by atoms with E-state index in [1.165, 1.54) is 0 Å². The van der Waals surface area contributed by atoms with Crippen LogP contribution in [0.1, 0.15) is 24.2 Å². The summed E-state index contributed by atoms with van der Waals surface area (Å²) in [7, 11) is 3.79. The summed E-state index contributed by atoms with van der Waals surface area (Å²) < 4.78 is 11.0. The van der Waals surface area contributed by atoms with Crippen molar-refractivity contribution in [2.24, 2.45) is 0 Å². The molecule has 1 aromatic heterocycles. The molecule has 1 amide bonds. The Labute approximate surface area is 182 Å². The lowest BCUT2D eigenvalue weighted by molar-refractivity contribution is -0.130. The van der Waals surface area contributed by atoms with E-state index in [1.807, 2.05) is 49.3 Å². The third kappa shape index (κ3) is 4.77. The van der Waals surface area contributed by atoms with Gasteiger partial charge in [0.25, 0.3) is 0 Å². The van der Waals surface area contributed by atoms with E-state index < -0.39 is 5.41 Å². The number of carbonyl (C=O) groups is 1. The molecule has 3 heterocycles. The smallest absolute Gasteiger partial charge is 0.231 e. The molecular formula is C22H30N6O3. The predicted molar refractivity (Wildman–Crippen MR) is 117 cm³/mol. The van der Waals surface area contributed by atoms with Crippen molar-refractivity contribution in [2.45, 2.75) is 24.8 Å². The van der Waals surface area contributed by atoms with Crippen LogP contribution in [0.4, 0.5) is 11.9 Å². The first-order valence-electron chi connectivity index (χ1n) is 10.7. The maximum absolute atomic E-state index is 13.4. The first-order chi connectivity index (χ1) is 15.1. The van der Waals surface area contributed by atoms with Crippen LogP contribution in [0.15, 0.2) is 30.3 Å². The lowest BCUT2D eigenvalue weighted by Gasteiger charge is -2.36. The van der Waals surface area contributed by atoms with Crippen molar-refractivity contribution in [1.82, 2.24) is 20.3 Å². The van der Waals surface area contributed by atoms with Crippen molar-refractivity contribution >= 4 is 17.8 Å². The third-order valence-corrected chi connectivity index (χ3v) is 5.87. The Kier molecular flexibility index (Phi) is 6.62. The van der Waals surface area contributed by atoms with Gasteiger partial charge in [-0.25, -0.2) is 0 Å². The molecule has 9 heteroatoms. The number of rotatable bonds is 6. The summed E-state index contributed by atoms with van der Waals surface area (Å²) in [5, 5.41) is 3.10. The molecule has 1 N–H and O–H groups in total. The van der Waals surface area contributed by atoms with Gasteiger partial charge in [0.1, 0.15) is 0 Å². The molecule has 1 aromatic carbocycles. The van der Waals surface area contributed by atoms with Crippen molar-refractivity contribution in [1.29, 1.82) is 0 Å². The van der Waals surface area contributed by atoms with Crippen molar-refractivity contribution in [3.63, 3.8) is 0 Å². The molecular weight excluding hydrogens is 396 g/mol. The van der Waals surface area contributed by atoms with Crippen LogP contribution in [-0.4, -0.2) is 74.5 Å². The predicted octanol–water partition coefficient (Wildman–Crippen LogP) is 1.14. The van der Waals surface area contributed by atoms with Gasteiger partial charge in [-0.3, -0.25) is 4.79 Å². The summed E-state index contributed by atoms with van der Waals surface area (Å²) >= 11 is 0. The van der Waals surface area contributed by atoms with Crippen LogP contribution in [-0.2, 0) is 26.2 Å². The number of nitrogens with zero attached hydrogens (tertiary/aromatic N) is 5. The second kappa shape index (κ2) is 9.57. The highest BCUT2D eigenvalue weighted by Crippen LogP contribution is 2.35. The molecule has 2 saturated heterocycles. The molecule has 0 atom stereocenters. The van der Waals surface area contributed by atoms with Crippen LogP contribution in [0.5, 0.6) is 0 Å². The van der Waals surface area contributed by atoms with Gasteiger partial charge in [-0.1, -0.05) is 30.3 Å². The Bertz CT molecular complexity index is 880. The quantitative estimate of drug-likeness (QED) is 0.735. The molecule has 31 heavy (non-hydrogen) atoms. The van der Waals surface area contributed by atoms with Gasteiger partial charge in [0.2, 0.25) is 17.8 Å². The van der Waals surface area contributed by atoms with Crippen LogP contribution in [0.2, 0.25) is 0 Å². The van der Waals surface area contributed by atoms with Crippen molar-refractivity contribution in [3.05, 3.63) is 41.7 Å². The van der Waals surface area contributed by atoms with Gasteiger partial charge < -0.3 is 24.6 Å². The van der Waals surface area contributed by atoms with Crippen LogP contribution in [0, 0.1) is 0 Å². The second-order valence-corrected chi connectivity index (χ2v) is 8.09. The Morgan fingerprint density at radius 3 is 2.39 bits per heavy atom. The normalized spacial score (nSPS) is 18.5. The minimum absolute atomic E-state index is 0.0123. The average molecular weight is 427 g/mol. The van der Waals surface area contributed by atoms with Crippen LogP contribution in [0.25, 0.3) is 0 Å². The molecule has 0 aliphatic carbocycles. The van der Waals surface area contributed by atoms with E-state index in [0.717, 1.165) is 18.7 Å². The average Bonchev–Trinajstić information content (AvgIpc) is 2.84. The van der Waals surface area contributed by atoms with E-state index in [4.69, 9.17) is 9.47 Å². The Morgan fingerprint density at radius 2 is 1.71 bits per heavy atom. The summed E-state index contributed by atoms with van der Waals surface area (Å²) in [6.07, 6.45) is 1.31. The highest BCUT2D eigenvalue weighted by molar-refractivity contribution is 5.88. The minimum atomic E-state index is -0.593. The molecule has 0 unspecified atom stereocenters. The van der Waals surface area contributed by atoms with E-state index in [9.17, 15) is 4.79 Å². The topological polar surface area (TPSA) is 92.7 Å². The maximum Gasteiger partial charge on any atom is 0.231 e. The minimum Gasteiger partial charge on any atom is -0.381 e. The molecule has 166 valence electrons. The molecule has 0 saturated carbocycles. The van der Waals surface area contributed by atoms with Crippen molar-refractivity contribution in [2.75, 3.05) is 63.4 Å². The molecule has 0 radical (unpaired) electrons. The number of hydrogen-bond donors (Lipinski definition) is 1. The molecule has 9 nitrogen and oxygen atoms in total. The standard InChI is InChI=1S/C22H30N6O3/c1-27(2)20-24-18(25-21(26-20)28-10-14-31-15-11-28)16-23-19(29)22(8-12-30-13-9-22)17-6-4-3-5-7-17/h3-7H,8-16H2,1-2H3,(H,23,29). The fourth-order valence-electron chi connectivity index (χ4n) is 4.03. The number of benzene rings is 1. The summed E-state index contributed by atoms with van der Waals surface area (Å²) in [4.78, 5) is 31.1. The van der Waals surface area contributed by atoms with Gasteiger partial charge in [-0.2, -0.15) is 15.0 Å². The van der Waals surface area contributed by atoms with Gasteiger partial charge in [0.15, 0.2) is 5.82 Å². The molecule has 4 rings (SSSR count). The zero-order valence-electron chi connectivity index (χ0n) is 18.2. The van der Waals surface area contributed by atoms with E-state index >= 15 is 0 Å². The first kappa shape index (κ1) is 21.5. The maximum atomic E-state index is 13.4. The fourth-order valence-corrected chi connectivity index (χ4v) is 4.03. The van der Waals surface area contributed by atoms with E-state index in [0.29, 0.717) is 57.0 Å². The van der Waals surface area contributed by atoms with Gasteiger partial charge in [0, 0.05) is 40.4 Å². The van der Waals surface area contributed by atoms with Gasteiger partial charge in [-0.15, -0.1) is 0 Å². The van der Waals surface area contributed by atoms with E-state index in [1.54, 1.807) is 0 Å². The number of anilines is 2. The van der Waals surface area contributed by atoms with Crippen LogP contribution >= 0.6 is 0 Å². The fraction of sp³-hybridized carbons (Fsp3) is 0.545. The lowest BCUT2D eigenvalue weighted by atomic mass is 9.73. The molecule has 2 fully saturated rings. The molecule has 2 aliphatic rings. The number of morpholine rings is 1. The van der Waals surface area contributed by atoms with Gasteiger partial charge >= 0.3 is 0 Å². The molecule has 2 aliphatic heterocycles. The van der Waals surface area contributed by atoms with Crippen LogP contribution < -0.4 is 15.1 Å². The summed E-state index contributed by atoms with van der Waals surface area (Å²) in [5.74, 6) is 1.73. The van der Waals surface area contributed by atoms with E-state index in [2.05, 4.69) is 25.2 Å². The molecule has 0 spiro atoms. The van der Waals surface area contributed by atoms with Gasteiger partial charge in [0.05, 0.1) is 25.2 Å². The Balaban J connectivity index is 1.54. The Morgan fingerprint density at radius 1 is 1.03 bits per heavy atom. The number of amides is 1. The lowest BCUT2D eigenvalue weighted by Crippen LogP contribution is -2.48.